The van der Waals surface area contributed by atoms with Crippen molar-refractivity contribution in [3.05, 3.63) is 53.1 Å². The van der Waals surface area contributed by atoms with E-state index in [0.717, 1.165) is 11.1 Å². The fourth-order valence-electron chi connectivity index (χ4n) is 2.16. The number of rotatable bonds is 4. The van der Waals surface area contributed by atoms with E-state index in [9.17, 15) is 9.59 Å². The number of carbonyl (C=O) groups excluding carboxylic acids is 2. The summed E-state index contributed by atoms with van der Waals surface area (Å²) in [5.74, 6) is 0.123. The molecule has 5 nitrogen and oxygen atoms in total. The van der Waals surface area contributed by atoms with E-state index in [2.05, 4.69) is 10.6 Å². The van der Waals surface area contributed by atoms with Gasteiger partial charge in [0.15, 0.2) is 0 Å². The van der Waals surface area contributed by atoms with Gasteiger partial charge in [-0.3, -0.25) is 9.59 Å². The van der Waals surface area contributed by atoms with Crippen molar-refractivity contribution < 1.29 is 14.3 Å². The van der Waals surface area contributed by atoms with Gasteiger partial charge in [0.25, 0.3) is 5.91 Å². The van der Waals surface area contributed by atoms with Crippen LogP contribution in [0.5, 0.6) is 5.75 Å². The molecule has 0 aliphatic heterocycles. The maximum atomic E-state index is 12.3. The van der Waals surface area contributed by atoms with E-state index in [1.807, 2.05) is 26.0 Å². The molecule has 2 amide bonds. The minimum atomic E-state index is -0.207. The van der Waals surface area contributed by atoms with E-state index in [4.69, 9.17) is 4.74 Å². The Balaban J connectivity index is 2.23. The highest BCUT2D eigenvalue weighted by atomic mass is 16.5. The number of benzene rings is 2. The lowest BCUT2D eigenvalue weighted by Crippen LogP contribution is -2.13. The number of hydrogen-bond acceptors (Lipinski definition) is 3. The van der Waals surface area contributed by atoms with Gasteiger partial charge in [-0.15, -0.1) is 0 Å². The van der Waals surface area contributed by atoms with E-state index in [-0.39, 0.29) is 11.8 Å². The predicted octanol–water partition coefficient (Wildman–Crippen LogP) is 3.52. The summed E-state index contributed by atoms with van der Waals surface area (Å²) >= 11 is 0. The summed E-state index contributed by atoms with van der Waals surface area (Å²) < 4.78 is 5.19. The molecule has 0 atom stereocenters. The van der Waals surface area contributed by atoms with Crippen LogP contribution in [0, 0.1) is 13.8 Å². The van der Waals surface area contributed by atoms with E-state index < -0.39 is 0 Å². The molecule has 2 N–H and O–H groups in total. The van der Waals surface area contributed by atoms with Crippen molar-refractivity contribution in [3.8, 4) is 5.75 Å². The highest BCUT2D eigenvalue weighted by Gasteiger charge is 2.10. The molecule has 0 aliphatic carbocycles. The lowest BCUT2D eigenvalue weighted by atomic mass is 10.1. The van der Waals surface area contributed by atoms with Crippen LogP contribution in [-0.4, -0.2) is 18.9 Å². The number of hydrogen-bond donors (Lipinski definition) is 2. The number of ether oxygens (including phenoxy) is 1. The first kappa shape index (κ1) is 16.5. The van der Waals surface area contributed by atoms with Gasteiger partial charge in [0.1, 0.15) is 5.75 Å². The zero-order chi connectivity index (χ0) is 17.0. The molecule has 0 fully saturated rings. The number of aryl methyl sites for hydroxylation is 2. The number of anilines is 2. The summed E-state index contributed by atoms with van der Waals surface area (Å²) in [6, 6.07) is 10.6. The largest absolute Gasteiger partial charge is 0.495 e. The molecule has 0 aromatic heterocycles. The van der Waals surface area contributed by atoms with Crippen LogP contribution >= 0.6 is 0 Å². The lowest BCUT2D eigenvalue weighted by Gasteiger charge is -2.12. The molecule has 0 heterocycles. The van der Waals surface area contributed by atoms with Gasteiger partial charge in [-0.05, 0) is 55.3 Å². The molecule has 120 valence electrons. The quantitative estimate of drug-likeness (QED) is 0.907. The van der Waals surface area contributed by atoms with Crippen molar-refractivity contribution in [3.63, 3.8) is 0 Å². The van der Waals surface area contributed by atoms with Gasteiger partial charge in [-0.25, -0.2) is 0 Å². The molecule has 23 heavy (non-hydrogen) atoms. The molecular weight excluding hydrogens is 292 g/mol. The molecule has 0 saturated carbocycles. The van der Waals surface area contributed by atoms with Crippen molar-refractivity contribution in [2.45, 2.75) is 20.8 Å². The highest BCUT2D eigenvalue weighted by molar-refractivity contribution is 6.05. The highest BCUT2D eigenvalue weighted by Crippen LogP contribution is 2.28. The molecule has 0 spiro atoms. The molecule has 0 aliphatic rings. The third kappa shape index (κ3) is 4.10. The summed E-state index contributed by atoms with van der Waals surface area (Å²) in [7, 11) is 1.52. The van der Waals surface area contributed by atoms with Crippen LogP contribution in [0.25, 0.3) is 0 Å². The Hall–Kier alpha value is -2.82. The molecule has 0 radical (unpaired) electrons. The normalized spacial score (nSPS) is 10.1. The smallest absolute Gasteiger partial charge is 0.255 e. The summed E-state index contributed by atoms with van der Waals surface area (Å²) in [5.41, 5.74) is 3.88. The fourth-order valence-corrected chi connectivity index (χ4v) is 2.16. The van der Waals surface area contributed by atoms with Gasteiger partial charge >= 0.3 is 0 Å². The maximum absolute atomic E-state index is 12.3. The van der Waals surface area contributed by atoms with E-state index >= 15 is 0 Å². The average Bonchev–Trinajstić information content (AvgIpc) is 2.49. The van der Waals surface area contributed by atoms with Crippen molar-refractivity contribution >= 4 is 23.2 Å². The second-order valence-corrected chi connectivity index (χ2v) is 5.35. The minimum Gasteiger partial charge on any atom is -0.495 e. The zero-order valence-corrected chi connectivity index (χ0v) is 13.7. The number of nitrogens with one attached hydrogen (secondary N) is 2. The molecule has 2 aromatic rings. The van der Waals surface area contributed by atoms with Gasteiger partial charge < -0.3 is 15.4 Å². The third-order valence-electron chi connectivity index (χ3n) is 3.54. The van der Waals surface area contributed by atoms with Crippen LogP contribution in [0.4, 0.5) is 11.4 Å². The predicted molar refractivity (Wildman–Crippen MR) is 91.2 cm³/mol. The molecular formula is C18H20N2O3. The van der Waals surface area contributed by atoms with Gasteiger partial charge in [-0.2, -0.15) is 0 Å². The second kappa shape index (κ2) is 6.96. The molecule has 2 aromatic carbocycles. The standard InChI is InChI=1S/C18H20N2O3/c1-11-5-6-14(9-12(11)2)18(22)20-15-7-8-17(23-4)16(10-15)19-13(3)21/h5-10H,1-4H3,(H,19,21)(H,20,22). The van der Waals surface area contributed by atoms with E-state index in [1.54, 1.807) is 24.3 Å². The molecule has 2 rings (SSSR count). The topological polar surface area (TPSA) is 67.4 Å². The van der Waals surface area contributed by atoms with Crippen LogP contribution in [-0.2, 0) is 4.79 Å². The van der Waals surface area contributed by atoms with Gasteiger partial charge in [0.2, 0.25) is 5.91 Å². The Kier molecular flexibility index (Phi) is 5.01. The Morgan fingerprint density at radius 2 is 1.70 bits per heavy atom. The van der Waals surface area contributed by atoms with Gasteiger partial charge in [0, 0.05) is 18.2 Å². The van der Waals surface area contributed by atoms with Crippen LogP contribution in [0.1, 0.15) is 28.4 Å². The van der Waals surface area contributed by atoms with Crippen LogP contribution in [0.3, 0.4) is 0 Å². The first-order valence-corrected chi connectivity index (χ1v) is 7.25. The Labute approximate surface area is 135 Å². The van der Waals surface area contributed by atoms with Crippen LogP contribution in [0.15, 0.2) is 36.4 Å². The molecule has 0 unspecified atom stereocenters. The van der Waals surface area contributed by atoms with E-state index in [1.165, 1.54) is 14.0 Å². The third-order valence-corrected chi connectivity index (χ3v) is 3.54. The average molecular weight is 312 g/mol. The minimum absolute atomic E-state index is 0.202. The monoisotopic (exact) mass is 312 g/mol. The Morgan fingerprint density at radius 3 is 2.30 bits per heavy atom. The molecule has 5 heteroatoms. The van der Waals surface area contributed by atoms with Gasteiger partial charge in [0.05, 0.1) is 12.8 Å². The van der Waals surface area contributed by atoms with Crippen molar-refractivity contribution in [1.29, 1.82) is 0 Å². The fraction of sp³-hybridized carbons (Fsp3) is 0.222. The number of amides is 2. The van der Waals surface area contributed by atoms with Crippen LogP contribution < -0.4 is 15.4 Å². The number of methoxy groups -OCH3 is 1. The summed E-state index contributed by atoms with van der Waals surface area (Å²) in [5, 5.41) is 5.50. The van der Waals surface area contributed by atoms with Crippen LogP contribution in [0.2, 0.25) is 0 Å². The molecule has 0 bridgehead atoms. The van der Waals surface area contributed by atoms with Crippen molar-refractivity contribution in [2.24, 2.45) is 0 Å². The summed E-state index contributed by atoms with van der Waals surface area (Å²) in [4.78, 5) is 23.6. The first-order chi connectivity index (χ1) is 10.9. The SMILES string of the molecule is COc1ccc(NC(=O)c2ccc(C)c(C)c2)cc1NC(C)=O. The summed E-state index contributed by atoms with van der Waals surface area (Å²) in [6.07, 6.45) is 0. The zero-order valence-electron chi connectivity index (χ0n) is 13.7. The van der Waals surface area contributed by atoms with Crippen molar-refractivity contribution in [2.75, 3.05) is 17.7 Å². The first-order valence-electron chi connectivity index (χ1n) is 7.25. The Morgan fingerprint density at radius 1 is 0.957 bits per heavy atom. The number of carbonyl (C=O) groups is 2. The lowest BCUT2D eigenvalue weighted by molar-refractivity contribution is -0.114. The van der Waals surface area contributed by atoms with E-state index in [0.29, 0.717) is 22.7 Å². The van der Waals surface area contributed by atoms with Crippen molar-refractivity contribution in [1.82, 2.24) is 0 Å². The molecule has 0 saturated heterocycles. The maximum Gasteiger partial charge on any atom is 0.255 e. The second-order valence-electron chi connectivity index (χ2n) is 5.35. The van der Waals surface area contributed by atoms with Gasteiger partial charge in [-0.1, -0.05) is 6.07 Å². The summed E-state index contributed by atoms with van der Waals surface area (Å²) in [6.45, 7) is 5.38. The Bertz CT molecular complexity index is 754.